The molecular formula is C14H24Cl2N4. The average molecular weight is 319 g/mol. The van der Waals surface area contributed by atoms with Gasteiger partial charge in [0.25, 0.3) is 0 Å². The summed E-state index contributed by atoms with van der Waals surface area (Å²) < 4.78 is 2.05. The summed E-state index contributed by atoms with van der Waals surface area (Å²) in [5.41, 5.74) is 2.18. The fraction of sp³-hybridized carbons (Fsp3) is 0.786. The van der Waals surface area contributed by atoms with Crippen molar-refractivity contribution < 1.29 is 0 Å². The lowest BCUT2D eigenvalue weighted by atomic mass is 10.2. The lowest BCUT2D eigenvalue weighted by molar-refractivity contribution is 0.130. The zero-order valence-corrected chi connectivity index (χ0v) is 13.9. The van der Waals surface area contributed by atoms with E-state index in [4.69, 9.17) is 23.2 Å². The van der Waals surface area contributed by atoms with Crippen LogP contribution in [0.15, 0.2) is 0 Å². The molecule has 0 saturated carbocycles. The van der Waals surface area contributed by atoms with Crippen LogP contribution >= 0.6 is 23.2 Å². The van der Waals surface area contributed by atoms with Gasteiger partial charge in [0.1, 0.15) is 0 Å². The number of nitrogens with zero attached hydrogens (tertiary/aromatic N) is 4. The molecule has 0 radical (unpaired) electrons. The topological polar surface area (TPSA) is 24.3 Å². The van der Waals surface area contributed by atoms with E-state index < -0.39 is 0 Å². The molecule has 114 valence electrons. The average Bonchev–Trinajstić information content (AvgIpc) is 2.77. The number of aromatic nitrogens is 2. The van der Waals surface area contributed by atoms with Gasteiger partial charge in [-0.15, -0.1) is 11.6 Å². The Hall–Kier alpha value is -0.290. The third kappa shape index (κ3) is 3.67. The highest BCUT2D eigenvalue weighted by atomic mass is 35.5. The Morgan fingerprint density at radius 2 is 1.75 bits per heavy atom. The summed E-state index contributed by atoms with van der Waals surface area (Å²) >= 11 is 12.3. The molecule has 0 aromatic carbocycles. The molecule has 1 saturated heterocycles. The zero-order chi connectivity index (χ0) is 14.5. The first-order valence-electron chi connectivity index (χ1n) is 7.44. The molecule has 1 aliphatic heterocycles. The first-order valence-corrected chi connectivity index (χ1v) is 8.35. The van der Waals surface area contributed by atoms with Crippen LogP contribution in [0.3, 0.4) is 0 Å². The highest BCUT2D eigenvalue weighted by Crippen LogP contribution is 2.23. The maximum absolute atomic E-state index is 6.47. The van der Waals surface area contributed by atoms with Gasteiger partial charge in [0.05, 0.1) is 16.4 Å². The van der Waals surface area contributed by atoms with Crippen molar-refractivity contribution in [1.29, 1.82) is 0 Å². The van der Waals surface area contributed by atoms with Crippen LogP contribution < -0.4 is 0 Å². The van der Waals surface area contributed by atoms with Crippen molar-refractivity contribution >= 4 is 23.2 Å². The molecule has 0 N–H and O–H groups in total. The molecule has 6 heteroatoms. The van der Waals surface area contributed by atoms with Crippen LogP contribution in [0.5, 0.6) is 0 Å². The summed E-state index contributed by atoms with van der Waals surface area (Å²) in [7, 11) is 0. The van der Waals surface area contributed by atoms with Crippen LogP contribution in [0, 0.1) is 0 Å². The molecule has 20 heavy (non-hydrogen) atoms. The van der Waals surface area contributed by atoms with E-state index in [0.717, 1.165) is 68.6 Å². The molecule has 1 fully saturated rings. The van der Waals surface area contributed by atoms with Crippen LogP contribution in [0.25, 0.3) is 0 Å². The molecule has 0 unspecified atom stereocenters. The van der Waals surface area contributed by atoms with Gasteiger partial charge in [0.15, 0.2) is 0 Å². The molecule has 0 aliphatic carbocycles. The smallest absolute Gasteiger partial charge is 0.0863 e. The van der Waals surface area contributed by atoms with E-state index in [-0.39, 0.29) is 0 Å². The molecule has 0 bridgehead atoms. The normalized spacial score (nSPS) is 17.8. The Kier molecular flexibility index (Phi) is 6.15. The highest BCUT2D eigenvalue weighted by molar-refractivity contribution is 6.31. The standard InChI is InChI=1S/C14H24Cl2N4/c1-3-12-14(16)13(20(4-2)17-12)11-19-9-7-18(6-5-15)8-10-19/h3-11H2,1-2H3. The van der Waals surface area contributed by atoms with Crippen molar-refractivity contribution in [1.82, 2.24) is 19.6 Å². The van der Waals surface area contributed by atoms with E-state index in [0.29, 0.717) is 5.88 Å². The summed E-state index contributed by atoms with van der Waals surface area (Å²) in [5.74, 6) is 0.717. The Morgan fingerprint density at radius 3 is 2.30 bits per heavy atom. The molecule has 1 aromatic rings. The van der Waals surface area contributed by atoms with Crippen LogP contribution in [-0.2, 0) is 19.5 Å². The van der Waals surface area contributed by atoms with Crippen molar-refractivity contribution in [2.45, 2.75) is 33.4 Å². The first kappa shape index (κ1) is 16.1. The highest BCUT2D eigenvalue weighted by Gasteiger charge is 2.21. The Morgan fingerprint density at radius 1 is 1.10 bits per heavy atom. The second kappa shape index (κ2) is 7.64. The van der Waals surface area contributed by atoms with E-state index in [1.807, 2.05) is 4.68 Å². The molecule has 1 aromatic heterocycles. The Labute approximate surface area is 131 Å². The number of hydrogen-bond donors (Lipinski definition) is 0. The van der Waals surface area contributed by atoms with Gasteiger partial charge in [-0.25, -0.2) is 0 Å². The second-order valence-electron chi connectivity index (χ2n) is 5.18. The molecule has 2 heterocycles. The van der Waals surface area contributed by atoms with Crippen molar-refractivity contribution in [3.63, 3.8) is 0 Å². The predicted molar refractivity (Wildman–Crippen MR) is 84.7 cm³/mol. The van der Waals surface area contributed by atoms with E-state index >= 15 is 0 Å². The van der Waals surface area contributed by atoms with E-state index in [1.54, 1.807) is 0 Å². The molecule has 0 atom stereocenters. The number of rotatable bonds is 6. The summed E-state index contributed by atoms with van der Waals surface area (Å²) in [6.45, 7) is 11.3. The van der Waals surface area contributed by atoms with Gasteiger partial charge in [0.2, 0.25) is 0 Å². The molecule has 2 rings (SSSR count). The minimum Gasteiger partial charge on any atom is -0.300 e. The quantitative estimate of drug-likeness (QED) is 0.753. The zero-order valence-electron chi connectivity index (χ0n) is 12.4. The third-order valence-electron chi connectivity index (χ3n) is 3.93. The van der Waals surface area contributed by atoms with Crippen molar-refractivity contribution in [2.75, 3.05) is 38.6 Å². The fourth-order valence-corrected chi connectivity index (χ4v) is 3.24. The van der Waals surface area contributed by atoms with Crippen molar-refractivity contribution in [2.24, 2.45) is 0 Å². The maximum Gasteiger partial charge on any atom is 0.0863 e. The molecule has 4 nitrogen and oxygen atoms in total. The van der Waals surface area contributed by atoms with Crippen molar-refractivity contribution in [3.05, 3.63) is 16.4 Å². The molecule has 0 spiro atoms. The van der Waals surface area contributed by atoms with Gasteiger partial charge in [-0.3, -0.25) is 14.5 Å². The predicted octanol–water partition coefficient (Wildman–Crippen LogP) is 2.48. The van der Waals surface area contributed by atoms with Gasteiger partial charge in [0, 0.05) is 51.7 Å². The minimum atomic E-state index is 0.717. The lowest BCUT2D eigenvalue weighted by Crippen LogP contribution is -2.46. The van der Waals surface area contributed by atoms with Gasteiger partial charge >= 0.3 is 0 Å². The molecule has 0 amide bonds. The number of piperazine rings is 1. The maximum atomic E-state index is 6.47. The van der Waals surface area contributed by atoms with Crippen LogP contribution in [0.1, 0.15) is 25.2 Å². The monoisotopic (exact) mass is 318 g/mol. The number of hydrogen-bond acceptors (Lipinski definition) is 3. The number of halogens is 2. The van der Waals surface area contributed by atoms with Gasteiger partial charge in [-0.05, 0) is 13.3 Å². The van der Waals surface area contributed by atoms with Crippen LogP contribution in [-0.4, -0.2) is 58.2 Å². The Bertz CT molecular complexity index is 425. The lowest BCUT2D eigenvalue weighted by Gasteiger charge is -2.34. The fourth-order valence-electron chi connectivity index (χ4n) is 2.67. The Balaban J connectivity index is 1.99. The number of alkyl halides is 1. The largest absolute Gasteiger partial charge is 0.300 e. The van der Waals surface area contributed by atoms with E-state index in [1.165, 1.54) is 0 Å². The van der Waals surface area contributed by atoms with Gasteiger partial charge in [-0.1, -0.05) is 18.5 Å². The minimum absolute atomic E-state index is 0.717. The van der Waals surface area contributed by atoms with Crippen molar-refractivity contribution in [3.8, 4) is 0 Å². The second-order valence-corrected chi connectivity index (χ2v) is 5.94. The van der Waals surface area contributed by atoms with E-state index in [9.17, 15) is 0 Å². The SMILES string of the molecule is CCc1nn(CC)c(CN2CCN(CCCl)CC2)c1Cl. The third-order valence-corrected chi connectivity index (χ3v) is 4.54. The van der Waals surface area contributed by atoms with Gasteiger partial charge in [-0.2, -0.15) is 5.10 Å². The number of aryl methyl sites for hydroxylation is 2. The van der Waals surface area contributed by atoms with Crippen LogP contribution in [0.4, 0.5) is 0 Å². The van der Waals surface area contributed by atoms with Crippen LogP contribution in [0.2, 0.25) is 5.02 Å². The summed E-state index contributed by atoms with van der Waals surface area (Å²) in [4.78, 5) is 4.87. The summed E-state index contributed by atoms with van der Waals surface area (Å²) in [5, 5.41) is 5.45. The first-order chi connectivity index (χ1) is 9.69. The van der Waals surface area contributed by atoms with Gasteiger partial charge < -0.3 is 0 Å². The summed E-state index contributed by atoms with van der Waals surface area (Å²) in [6.07, 6.45) is 0.891. The summed E-state index contributed by atoms with van der Waals surface area (Å²) in [6, 6.07) is 0. The molecule has 1 aliphatic rings. The van der Waals surface area contributed by atoms with E-state index in [2.05, 4.69) is 28.7 Å². The molecular weight excluding hydrogens is 295 g/mol.